The molecule has 0 aliphatic carbocycles. The van der Waals surface area contributed by atoms with E-state index in [1.807, 2.05) is 19.1 Å². The van der Waals surface area contributed by atoms with E-state index in [0.29, 0.717) is 10.6 Å². The normalized spacial score (nSPS) is 12.4. The van der Waals surface area contributed by atoms with Crippen molar-refractivity contribution < 1.29 is 4.39 Å². The number of hydrogen-bond acceptors (Lipinski definition) is 2. The molecule has 1 nitrogen and oxygen atoms in total. The van der Waals surface area contributed by atoms with Crippen molar-refractivity contribution in [3.8, 4) is 0 Å². The van der Waals surface area contributed by atoms with Gasteiger partial charge in [-0.15, -0.1) is 11.8 Å². The van der Waals surface area contributed by atoms with Crippen LogP contribution in [0.25, 0.3) is 0 Å². The van der Waals surface area contributed by atoms with Gasteiger partial charge in [-0.3, -0.25) is 0 Å². The summed E-state index contributed by atoms with van der Waals surface area (Å²) in [5, 5.41) is 3.77. The van der Waals surface area contributed by atoms with Crippen LogP contribution < -0.4 is 5.32 Å². The highest BCUT2D eigenvalue weighted by molar-refractivity contribution is 7.99. The second-order valence-electron chi connectivity index (χ2n) is 4.85. The predicted octanol–water partition coefficient (Wildman–Crippen LogP) is 5.23. The number of rotatable bonds is 6. The average molecular weight is 324 g/mol. The van der Waals surface area contributed by atoms with E-state index in [1.165, 1.54) is 16.5 Å². The van der Waals surface area contributed by atoms with E-state index >= 15 is 0 Å². The summed E-state index contributed by atoms with van der Waals surface area (Å²) >= 11 is 7.57. The Morgan fingerprint density at radius 2 is 2.00 bits per heavy atom. The molecule has 0 aliphatic rings. The zero-order chi connectivity index (χ0) is 15.2. The minimum atomic E-state index is -0.251. The van der Waals surface area contributed by atoms with Crippen molar-refractivity contribution in [2.45, 2.75) is 24.8 Å². The first-order valence-corrected chi connectivity index (χ1v) is 8.35. The zero-order valence-electron chi connectivity index (χ0n) is 12.2. The molecule has 1 atom stereocenters. The fraction of sp³-hybridized carbons (Fsp3) is 0.294. The Balaban J connectivity index is 2.14. The summed E-state index contributed by atoms with van der Waals surface area (Å²) in [6.45, 7) is 4.91. The molecule has 0 heterocycles. The standard InChI is InChI=1S/C17H19ClFNS/c1-3-20-16(14-9-8-13(18)10-15(14)19)11-21-17-7-5-4-6-12(17)2/h4-10,16,20H,3,11H2,1-2H3. The Bertz CT molecular complexity index is 603. The van der Waals surface area contributed by atoms with E-state index < -0.39 is 0 Å². The van der Waals surface area contributed by atoms with Gasteiger partial charge in [-0.25, -0.2) is 4.39 Å². The van der Waals surface area contributed by atoms with Gasteiger partial charge in [0.05, 0.1) is 0 Å². The van der Waals surface area contributed by atoms with Gasteiger partial charge in [0, 0.05) is 27.3 Å². The molecular weight excluding hydrogens is 305 g/mol. The highest BCUT2D eigenvalue weighted by Gasteiger charge is 2.16. The quantitative estimate of drug-likeness (QED) is 0.730. The first kappa shape index (κ1) is 16.3. The third kappa shape index (κ3) is 4.47. The third-order valence-corrected chi connectivity index (χ3v) is 4.79. The summed E-state index contributed by atoms with van der Waals surface area (Å²) in [6.07, 6.45) is 0. The van der Waals surface area contributed by atoms with Crippen LogP contribution >= 0.6 is 23.4 Å². The van der Waals surface area contributed by atoms with Gasteiger partial charge < -0.3 is 5.32 Å². The zero-order valence-corrected chi connectivity index (χ0v) is 13.8. The molecule has 1 unspecified atom stereocenters. The SMILES string of the molecule is CCNC(CSc1ccccc1C)c1ccc(Cl)cc1F. The lowest BCUT2D eigenvalue weighted by molar-refractivity contribution is 0.545. The molecule has 21 heavy (non-hydrogen) atoms. The van der Waals surface area contributed by atoms with Crippen molar-refractivity contribution in [2.75, 3.05) is 12.3 Å². The van der Waals surface area contributed by atoms with Crippen molar-refractivity contribution in [1.29, 1.82) is 0 Å². The van der Waals surface area contributed by atoms with Crippen LogP contribution in [0.2, 0.25) is 5.02 Å². The van der Waals surface area contributed by atoms with Gasteiger partial charge in [-0.05, 0) is 37.2 Å². The van der Waals surface area contributed by atoms with Crippen LogP contribution in [0.15, 0.2) is 47.4 Å². The summed E-state index contributed by atoms with van der Waals surface area (Å²) in [7, 11) is 0. The number of aryl methyl sites for hydroxylation is 1. The van der Waals surface area contributed by atoms with Crippen molar-refractivity contribution in [3.63, 3.8) is 0 Å². The van der Waals surface area contributed by atoms with E-state index in [4.69, 9.17) is 11.6 Å². The van der Waals surface area contributed by atoms with Crippen LogP contribution in [-0.4, -0.2) is 12.3 Å². The number of hydrogen-bond donors (Lipinski definition) is 1. The van der Waals surface area contributed by atoms with E-state index in [0.717, 1.165) is 12.3 Å². The molecule has 0 saturated heterocycles. The van der Waals surface area contributed by atoms with Crippen LogP contribution in [0.1, 0.15) is 24.1 Å². The smallest absolute Gasteiger partial charge is 0.129 e. The molecule has 0 spiro atoms. The topological polar surface area (TPSA) is 12.0 Å². The van der Waals surface area contributed by atoms with E-state index in [-0.39, 0.29) is 11.9 Å². The summed E-state index contributed by atoms with van der Waals surface area (Å²) in [6, 6.07) is 13.1. The lowest BCUT2D eigenvalue weighted by Gasteiger charge is -2.19. The van der Waals surface area contributed by atoms with Gasteiger partial charge in [0.15, 0.2) is 0 Å². The van der Waals surface area contributed by atoms with E-state index in [2.05, 4.69) is 24.4 Å². The number of halogens is 2. The molecule has 0 bridgehead atoms. The molecule has 0 aliphatic heterocycles. The average Bonchev–Trinajstić information content (AvgIpc) is 2.45. The molecule has 2 rings (SSSR count). The van der Waals surface area contributed by atoms with Gasteiger partial charge >= 0.3 is 0 Å². The van der Waals surface area contributed by atoms with Crippen LogP contribution in [0.4, 0.5) is 4.39 Å². The van der Waals surface area contributed by atoms with Gasteiger partial charge in [-0.1, -0.05) is 42.8 Å². The predicted molar refractivity (Wildman–Crippen MR) is 89.7 cm³/mol. The molecule has 0 amide bonds. The minimum absolute atomic E-state index is 0.0307. The third-order valence-electron chi connectivity index (χ3n) is 3.29. The largest absolute Gasteiger partial charge is 0.309 e. The van der Waals surface area contributed by atoms with Crippen LogP contribution in [0, 0.1) is 12.7 Å². The molecule has 0 radical (unpaired) electrons. The highest BCUT2D eigenvalue weighted by atomic mass is 35.5. The summed E-state index contributed by atoms with van der Waals surface area (Å²) in [4.78, 5) is 1.23. The van der Waals surface area contributed by atoms with Crippen molar-refractivity contribution >= 4 is 23.4 Å². The summed E-state index contributed by atoms with van der Waals surface area (Å²) in [5.41, 5.74) is 1.91. The molecule has 0 fully saturated rings. The minimum Gasteiger partial charge on any atom is -0.309 e. The van der Waals surface area contributed by atoms with Crippen LogP contribution in [-0.2, 0) is 0 Å². The summed E-state index contributed by atoms with van der Waals surface area (Å²) < 4.78 is 14.1. The molecule has 0 saturated carbocycles. The van der Waals surface area contributed by atoms with E-state index in [9.17, 15) is 4.39 Å². The maximum Gasteiger partial charge on any atom is 0.129 e. The molecule has 0 aromatic heterocycles. The molecule has 112 valence electrons. The first-order chi connectivity index (χ1) is 10.1. The van der Waals surface area contributed by atoms with Crippen LogP contribution in [0.5, 0.6) is 0 Å². The molecular formula is C17H19ClFNS. The monoisotopic (exact) mass is 323 g/mol. The molecule has 4 heteroatoms. The Labute approximate surface area is 134 Å². The Hall–Kier alpha value is -1.03. The fourth-order valence-electron chi connectivity index (χ4n) is 2.18. The van der Waals surface area contributed by atoms with Gasteiger partial charge in [0.2, 0.25) is 0 Å². The van der Waals surface area contributed by atoms with E-state index in [1.54, 1.807) is 23.9 Å². The lowest BCUT2D eigenvalue weighted by Crippen LogP contribution is -2.24. The van der Waals surface area contributed by atoms with Gasteiger partial charge in [0.25, 0.3) is 0 Å². The molecule has 1 N–H and O–H groups in total. The first-order valence-electron chi connectivity index (χ1n) is 6.98. The van der Waals surface area contributed by atoms with Crippen molar-refractivity contribution in [3.05, 3.63) is 64.4 Å². The summed E-state index contributed by atoms with van der Waals surface area (Å²) in [5.74, 6) is 0.524. The Kier molecular flexibility index (Phi) is 6.09. The fourth-order valence-corrected chi connectivity index (χ4v) is 3.45. The Morgan fingerprint density at radius 3 is 2.67 bits per heavy atom. The second-order valence-corrected chi connectivity index (χ2v) is 6.35. The molecule has 2 aromatic carbocycles. The lowest BCUT2D eigenvalue weighted by atomic mass is 10.1. The number of thioether (sulfide) groups is 1. The van der Waals surface area contributed by atoms with Crippen molar-refractivity contribution in [1.82, 2.24) is 5.32 Å². The number of benzene rings is 2. The maximum atomic E-state index is 14.1. The van der Waals surface area contributed by atoms with Gasteiger partial charge in [0.1, 0.15) is 5.82 Å². The molecule has 2 aromatic rings. The second kappa shape index (κ2) is 7.83. The van der Waals surface area contributed by atoms with Gasteiger partial charge in [-0.2, -0.15) is 0 Å². The van der Waals surface area contributed by atoms with Crippen molar-refractivity contribution in [2.24, 2.45) is 0 Å². The van der Waals surface area contributed by atoms with Crippen LogP contribution in [0.3, 0.4) is 0 Å². The Morgan fingerprint density at radius 1 is 1.24 bits per heavy atom. The highest BCUT2D eigenvalue weighted by Crippen LogP contribution is 2.29. The number of nitrogens with one attached hydrogen (secondary N) is 1. The maximum absolute atomic E-state index is 14.1.